The highest BCUT2D eigenvalue weighted by molar-refractivity contribution is 9.10. The molecule has 0 unspecified atom stereocenters. The van der Waals surface area contributed by atoms with E-state index in [0.29, 0.717) is 18.9 Å². The van der Waals surface area contributed by atoms with Crippen molar-refractivity contribution in [2.45, 2.75) is 6.29 Å². The van der Waals surface area contributed by atoms with Crippen LogP contribution < -0.4 is 5.32 Å². The molecular weight excluding hydrogens is 336 g/mol. The van der Waals surface area contributed by atoms with E-state index in [9.17, 15) is 4.79 Å². The zero-order valence-electron chi connectivity index (χ0n) is 11.5. The van der Waals surface area contributed by atoms with Crippen molar-refractivity contribution in [3.8, 4) is 0 Å². The third-order valence-corrected chi connectivity index (χ3v) is 3.70. The molecule has 1 aromatic heterocycles. The van der Waals surface area contributed by atoms with Crippen molar-refractivity contribution in [2.75, 3.05) is 18.5 Å². The zero-order chi connectivity index (χ0) is 14.8. The first-order valence-corrected chi connectivity index (χ1v) is 7.39. The first-order chi connectivity index (χ1) is 10.1. The second kappa shape index (κ2) is 6.01. The molecule has 110 valence electrons. The molecule has 1 fully saturated rings. The lowest BCUT2D eigenvalue weighted by Crippen LogP contribution is -2.15. The summed E-state index contributed by atoms with van der Waals surface area (Å²) in [5, 5.41) is 2.87. The van der Waals surface area contributed by atoms with E-state index in [-0.39, 0.29) is 12.2 Å². The molecule has 0 bridgehead atoms. The molecule has 5 nitrogen and oxygen atoms in total. The van der Waals surface area contributed by atoms with Crippen LogP contribution in [-0.4, -0.2) is 23.7 Å². The number of benzene rings is 1. The average molecular weight is 351 g/mol. The highest BCUT2D eigenvalue weighted by Crippen LogP contribution is 2.24. The number of halogens is 1. The molecule has 0 aliphatic carbocycles. The quantitative estimate of drug-likeness (QED) is 0.925. The van der Waals surface area contributed by atoms with Crippen LogP contribution in [0.4, 0.5) is 5.69 Å². The van der Waals surface area contributed by atoms with Gasteiger partial charge in [0.25, 0.3) is 5.91 Å². The van der Waals surface area contributed by atoms with Crippen molar-refractivity contribution in [2.24, 2.45) is 7.05 Å². The minimum Gasteiger partial charge on any atom is -0.346 e. The summed E-state index contributed by atoms with van der Waals surface area (Å²) in [5.41, 5.74) is 2.28. The number of anilines is 1. The lowest BCUT2D eigenvalue weighted by molar-refractivity contribution is -0.0441. The van der Waals surface area contributed by atoms with Crippen LogP contribution in [-0.2, 0) is 16.5 Å². The molecular formula is C15H15BrN2O3. The molecule has 0 spiro atoms. The Morgan fingerprint density at radius 1 is 1.29 bits per heavy atom. The fraction of sp³-hybridized carbons (Fsp3) is 0.267. The van der Waals surface area contributed by atoms with Crippen molar-refractivity contribution >= 4 is 27.5 Å². The first kappa shape index (κ1) is 14.3. The minimum absolute atomic E-state index is 0.149. The SMILES string of the molecule is Cn1cc(Br)cc1C(=O)Nc1ccc(C2OCCO2)cc1. The molecule has 2 heterocycles. The van der Waals surface area contributed by atoms with E-state index in [4.69, 9.17) is 9.47 Å². The van der Waals surface area contributed by atoms with Gasteiger partial charge in [0.1, 0.15) is 5.69 Å². The second-order valence-electron chi connectivity index (χ2n) is 4.80. The summed E-state index contributed by atoms with van der Waals surface area (Å²) in [6.07, 6.45) is 1.55. The van der Waals surface area contributed by atoms with Gasteiger partial charge in [0.15, 0.2) is 6.29 Å². The largest absolute Gasteiger partial charge is 0.346 e. The number of amides is 1. The standard InChI is InChI=1S/C15H15BrN2O3/c1-18-9-11(16)8-13(18)14(19)17-12-4-2-10(3-5-12)15-20-6-7-21-15/h2-5,8-9,15H,6-7H2,1H3,(H,17,19). The van der Waals surface area contributed by atoms with Crippen LogP contribution >= 0.6 is 15.9 Å². The number of nitrogens with zero attached hydrogens (tertiary/aromatic N) is 1. The van der Waals surface area contributed by atoms with Crippen molar-refractivity contribution < 1.29 is 14.3 Å². The molecule has 2 aromatic rings. The van der Waals surface area contributed by atoms with Gasteiger partial charge in [0.05, 0.1) is 13.2 Å². The summed E-state index contributed by atoms with van der Waals surface area (Å²) in [6.45, 7) is 1.23. The summed E-state index contributed by atoms with van der Waals surface area (Å²) in [7, 11) is 1.83. The maximum Gasteiger partial charge on any atom is 0.272 e. The molecule has 0 radical (unpaired) electrons. The Morgan fingerprint density at radius 2 is 1.95 bits per heavy atom. The van der Waals surface area contributed by atoms with E-state index < -0.39 is 0 Å². The van der Waals surface area contributed by atoms with Gasteiger partial charge in [0.2, 0.25) is 0 Å². The van der Waals surface area contributed by atoms with Gasteiger partial charge >= 0.3 is 0 Å². The van der Waals surface area contributed by atoms with Crippen LogP contribution in [0.3, 0.4) is 0 Å². The number of aromatic nitrogens is 1. The van der Waals surface area contributed by atoms with E-state index in [1.165, 1.54) is 0 Å². The van der Waals surface area contributed by atoms with Gasteiger partial charge in [-0.2, -0.15) is 0 Å². The predicted molar refractivity (Wildman–Crippen MR) is 82.2 cm³/mol. The van der Waals surface area contributed by atoms with Gasteiger partial charge < -0.3 is 19.4 Å². The topological polar surface area (TPSA) is 52.5 Å². The zero-order valence-corrected chi connectivity index (χ0v) is 13.1. The Kier molecular flexibility index (Phi) is 4.10. The van der Waals surface area contributed by atoms with Crippen LogP contribution in [0, 0.1) is 0 Å². The van der Waals surface area contributed by atoms with E-state index in [1.54, 1.807) is 10.6 Å². The number of ether oxygens (including phenoxy) is 2. The smallest absolute Gasteiger partial charge is 0.272 e. The summed E-state index contributed by atoms with van der Waals surface area (Å²) in [6, 6.07) is 9.26. The summed E-state index contributed by atoms with van der Waals surface area (Å²) < 4.78 is 13.5. The third-order valence-electron chi connectivity index (χ3n) is 3.27. The van der Waals surface area contributed by atoms with Crippen LogP contribution in [0.5, 0.6) is 0 Å². The monoisotopic (exact) mass is 350 g/mol. The van der Waals surface area contributed by atoms with Crippen LogP contribution in [0.2, 0.25) is 0 Å². The molecule has 0 saturated carbocycles. The molecule has 1 N–H and O–H groups in total. The summed E-state index contributed by atoms with van der Waals surface area (Å²) >= 11 is 3.36. The van der Waals surface area contributed by atoms with E-state index in [2.05, 4.69) is 21.2 Å². The van der Waals surface area contributed by atoms with Crippen molar-refractivity contribution in [3.63, 3.8) is 0 Å². The van der Waals surface area contributed by atoms with Gasteiger partial charge in [-0.15, -0.1) is 0 Å². The lowest BCUT2D eigenvalue weighted by atomic mass is 10.2. The maximum absolute atomic E-state index is 12.2. The second-order valence-corrected chi connectivity index (χ2v) is 5.72. The number of carbonyl (C=O) groups excluding carboxylic acids is 1. The Morgan fingerprint density at radius 3 is 2.52 bits per heavy atom. The number of hydrogen-bond acceptors (Lipinski definition) is 3. The van der Waals surface area contributed by atoms with E-state index in [0.717, 1.165) is 15.7 Å². The average Bonchev–Trinajstić information content (AvgIpc) is 3.09. The van der Waals surface area contributed by atoms with Crippen LogP contribution in [0.1, 0.15) is 22.3 Å². The number of aryl methyl sites for hydroxylation is 1. The highest BCUT2D eigenvalue weighted by atomic mass is 79.9. The molecule has 1 amide bonds. The Balaban J connectivity index is 1.70. The number of hydrogen-bond donors (Lipinski definition) is 1. The summed E-state index contributed by atoms with van der Waals surface area (Å²) in [4.78, 5) is 12.2. The molecule has 6 heteroatoms. The van der Waals surface area contributed by atoms with Gasteiger partial charge in [-0.1, -0.05) is 12.1 Å². The number of nitrogens with one attached hydrogen (secondary N) is 1. The lowest BCUT2D eigenvalue weighted by Gasteiger charge is -2.10. The van der Waals surface area contributed by atoms with Crippen LogP contribution in [0.25, 0.3) is 0 Å². The number of carbonyl (C=O) groups is 1. The first-order valence-electron chi connectivity index (χ1n) is 6.60. The molecule has 1 aromatic carbocycles. The van der Waals surface area contributed by atoms with Crippen molar-refractivity contribution in [1.29, 1.82) is 0 Å². The Hall–Kier alpha value is -1.63. The third kappa shape index (κ3) is 3.18. The molecule has 1 aliphatic heterocycles. The fourth-order valence-electron chi connectivity index (χ4n) is 2.22. The van der Waals surface area contributed by atoms with E-state index in [1.807, 2.05) is 37.5 Å². The predicted octanol–water partition coefficient (Wildman–Crippen LogP) is 3.09. The highest BCUT2D eigenvalue weighted by Gasteiger charge is 2.18. The van der Waals surface area contributed by atoms with Gasteiger partial charge in [0, 0.05) is 29.0 Å². The Bertz CT molecular complexity index is 645. The molecule has 0 atom stereocenters. The molecule has 3 rings (SSSR count). The minimum atomic E-state index is -0.293. The van der Waals surface area contributed by atoms with Crippen molar-refractivity contribution in [3.05, 3.63) is 52.3 Å². The van der Waals surface area contributed by atoms with Crippen LogP contribution in [0.15, 0.2) is 41.0 Å². The fourth-order valence-corrected chi connectivity index (χ4v) is 2.74. The van der Waals surface area contributed by atoms with Gasteiger partial charge in [-0.05, 0) is 34.1 Å². The maximum atomic E-state index is 12.2. The molecule has 1 saturated heterocycles. The normalized spacial score (nSPS) is 15.3. The number of rotatable bonds is 3. The Labute approximate surface area is 131 Å². The van der Waals surface area contributed by atoms with Gasteiger partial charge in [-0.3, -0.25) is 4.79 Å². The molecule has 21 heavy (non-hydrogen) atoms. The van der Waals surface area contributed by atoms with E-state index >= 15 is 0 Å². The summed E-state index contributed by atoms with van der Waals surface area (Å²) in [5.74, 6) is -0.149. The molecule has 1 aliphatic rings. The van der Waals surface area contributed by atoms with Crippen molar-refractivity contribution in [1.82, 2.24) is 4.57 Å². The van der Waals surface area contributed by atoms with Gasteiger partial charge in [-0.25, -0.2) is 0 Å².